The first-order valence-electron chi connectivity index (χ1n) is 14.5. The molecule has 0 amide bonds. The number of benzene rings is 6. The van der Waals surface area contributed by atoms with Crippen LogP contribution in [0, 0.1) is 0 Å². The lowest BCUT2D eigenvalue weighted by Gasteiger charge is -2.28. The lowest BCUT2D eigenvalue weighted by Crippen LogP contribution is -2.35. The Morgan fingerprint density at radius 2 is 1.33 bits per heavy atom. The molecule has 1 N–H and O–H groups in total. The van der Waals surface area contributed by atoms with Crippen LogP contribution in [0.3, 0.4) is 0 Å². The van der Waals surface area contributed by atoms with Crippen LogP contribution >= 0.6 is 11.3 Å². The van der Waals surface area contributed by atoms with Crippen LogP contribution in [0.5, 0.6) is 0 Å². The van der Waals surface area contributed by atoms with Crippen LogP contribution < -0.4 is 5.32 Å². The van der Waals surface area contributed by atoms with Crippen LogP contribution in [0.2, 0.25) is 0 Å². The molecule has 1 atom stereocenters. The molecule has 5 heteroatoms. The number of para-hydroxylation sites is 2. The number of aromatic nitrogens is 1. The van der Waals surface area contributed by atoms with Crippen LogP contribution in [-0.4, -0.2) is 10.4 Å². The highest BCUT2D eigenvalue weighted by Gasteiger charge is 2.31. The topological polar surface area (TPSA) is 42.5 Å². The number of rotatable bonds is 2. The Bertz CT molecular complexity index is 2620. The van der Waals surface area contributed by atoms with Crippen molar-refractivity contribution in [3.05, 3.63) is 139 Å². The smallest absolute Gasteiger partial charge is 0.136 e. The molecule has 0 saturated heterocycles. The summed E-state index contributed by atoms with van der Waals surface area (Å²) in [5.74, 6) is 0.845. The van der Waals surface area contributed by atoms with Crippen molar-refractivity contribution in [3.8, 4) is 0 Å². The molecule has 0 fully saturated rings. The van der Waals surface area contributed by atoms with Gasteiger partial charge in [-0.2, -0.15) is 0 Å². The van der Waals surface area contributed by atoms with Crippen LogP contribution in [-0.2, 0) is 0 Å². The van der Waals surface area contributed by atoms with E-state index in [2.05, 4.69) is 125 Å². The summed E-state index contributed by atoms with van der Waals surface area (Å²) in [6, 6.07) is 45.4. The SMILES string of the molecule is c1ccc2cc3c(cc2c1)c1ccccc1n3C1NC(c2ccc3c(c2)oc2ccccc23)=Nc2sc3ccccc3c21. The van der Waals surface area contributed by atoms with E-state index < -0.39 is 0 Å². The monoisotopic (exact) mass is 569 g/mol. The van der Waals surface area contributed by atoms with E-state index in [1.165, 1.54) is 48.2 Å². The van der Waals surface area contributed by atoms with Crippen molar-refractivity contribution in [2.24, 2.45) is 4.99 Å². The number of fused-ring (bicyclic) bond motifs is 10. The molecule has 202 valence electrons. The Hall–Kier alpha value is -5.39. The second-order valence-corrected chi connectivity index (χ2v) is 12.3. The predicted octanol–water partition coefficient (Wildman–Crippen LogP) is 10.3. The lowest BCUT2D eigenvalue weighted by molar-refractivity contribution is 0.584. The molecule has 0 saturated carbocycles. The van der Waals surface area contributed by atoms with Crippen molar-refractivity contribution in [2.75, 3.05) is 0 Å². The van der Waals surface area contributed by atoms with E-state index in [1.54, 1.807) is 11.3 Å². The van der Waals surface area contributed by atoms with Gasteiger partial charge >= 0.3 is 0 Å². The van der Waals surface area contributed by atoms with E-state index in [0.717, 1.165) is 38.3 Å². The van der Waals surface area contributed by atoms with Crippen molar-refractivity contribution < 1.29 is 4.42 Å². The summed E-state index contributed by atoms with van der Waals surface area (Å²) < 4.78 is 9.99. The molecule has 9 aromatic rings. The van der Waals surface area contributed by atoms with Crippen LogP contribution in [0.25, 0.3) is 64.6 Å². The molecule has 43 heavy (non-hydrogen) atoms. The van der Waals surface area contributed by atoms with Gasteiger partial charge in [0, 0.05) is 42.8 Å². The molecule has 3 aromatic heterocycles. The highest BCUT2D eigenvalue weighted by atomic mass is 32.1. The van der Waals surface area contributed by atoms with Crippen molar-refractivity contribution >= 4 is 86.8 Å². The third-order valence-corrected chi connectivity index (χ3v) is 9.94. The first kappa shape index (κ1) is 23.2. The molecule has 6 aromatic carbocycles. The molecule has 4 nitrogen and oxygen atoms in total. The maximum atomic E-state index is 6.27. The zero-order chi connectivity index (χ0) is 28.1. The van der Waals surface area contributed by atoms with Gasteiger partial charge in [-0.25, -0.2) is 4.99 Å². The molecule has 0 spiro atoms. The number of hydrogen-bond acceptors (Lipinski definition) is 4. The van der Waals surface area contributed by atoms with Gasteiger partial charge in [-0.3, -0.25) is 0 Å². The minimum Gasteiger partial charge on any atom is -0.456 e. The predicted molar refractivity (Wildman–Crippen MR) is 180 cm³/mol. The number of amidine groups is 1. The van der Waals surface area contributed by atoms with Gasteiger partial charge in [-0.1, -0.05) is 84.9 Å². The molecule has 4 heterocycles. The molecule has 1 unspecified atom stereocenters. The Kier molecular flexibility index (Phi) is 4.62. The normalized spacial score (nSPS) is 15.1. The van der Waals surface area contributed by atoms with Gasteiger partial charge in [0.25, 0.3) is 0 Å². The fraction of sp³-hybridized carbons (Fsp3) is 0.0263. The number of thiophene rings is 1. The van der Waals surface area contributed by atoms with E-state index in [-0.39, 0.29) is 6.17 Å². The Morgan fingerprint density at radius 3 is 2.23 bits per heavy atom. The standard InChI is InChI=1S/C38H23N3OS/c1-2-10-23-20-31-29(19-22(23)9-1)25-11-3-6-14-30(25)41(31)37-35-28-13-5-8-16-34(28)43-38(35)40-36(39-37)24-17-18-27-26-12-4-7-15-32(26)42-33(27)21-24/h1-21,37H,(H,39,40). The van der Waals surface area contributed by atoms with E-state index in [4.69, 9.17) is 9.41 Å². The minimum absolute atomic E-state index is 0.159. The number of aliphatic imine (C=N–C) groups is 1. The van der Waals surface area contributed by atoms with Gasteiger partial charge in [0.15, 0.2) is 0 Å². The maximum absolute atomic E-state index is 6.27. The molecule has 1 aliphatic heterocycles. The van der Waals surface area contributed by atoms with Gasteiger partial charge in [-0.15, -0.1) is 11.3 Å². The number of hydrogen-bond donors (Lipinski definition) is 1. The number of nitrogens with one attached hydrogen (secondary N) is 1. The van der Waals surface area contributed by atoms with Gasteiger partial charge < -0.3 is 14.3 Å². The van der Waals surface area contributed by atoms with Gasteiger partial charge in [0.05, 0.1) is 11.0 Å². The zero-order valence-corrected chi connectivity index (χ0v) is 23.7. The lowest BCUT2D eigenvalue weighted by atomic mass is 10.0. The van der Waals surface area contributed by atoms with Crippen LogP contribution in [0.15, 0.2) is 137 Å². The molecule has 0 bridgehead atoms. The fourth-order valence-corrected chi connectivity index (χ4v) is 8.02. The summed E-state index contributed by atoms with van der Waals surface area (Å²) in [6.45, 7) is 0. The molecular weight excluding hydrogens is 547 g/mol. The first-order valence-corrected chi connectivity index (χ1v) is 15.3. The highest BCUT2D eigenvalue weighted by molar-refractivity contribution is 7.22. The Morgan fingerprint density at radius 1 is 0.605 bits per heavy atom. The molecule has 10 rings (SSSR count). The minimum atomic E-state index is -0.159. The maximum Gasteiger partial charge on any atom is 0.136 e. The van der Waals surface area contributed by atoms with Gasteiger partial charge in [0.1, 0.15) is 28.2 Å². The molecular formula is C38H23N3OS. The second-order valence-electron chi connectivity index (χ2n) is 11.2. The van der Waals surface area contributed by atoms with Crippen LogP contribution in [0.1, 0.15) is 17.3 Å². The fourth-order valence-electron chi connectivity index (χ4n) is 6.91. The summed E-state index contributed by atoms with van der Waals surface area (Å²) in [4.78, 5) is 5.25. The summed E-state index contributed by atoms with van der Waals surface area (Å²) >= 11 is 1.76. The summed E-state index contributed by atoms with van der Waals surface area (Å²) in [5.41, 5.74) is 6.38. The van der Waals surface area contributed by atoms with Crippen molar-refractivity contribution in [1.82, 2.24) is 9.88 Å². The summed E-state index contributed by atoms with van der Waals surface area (Å²) in [6.07, 6.45) is -0.159. The molecule has 1 aliphatic rings. The van der Waals surface area contributed by atoms with E-state index >= 15 is 0 Å². The summed E-state index contributed by atoms with van der Waals surface area (Å²) in [7, 11) is 0. The number of nitrogens with zero attached hydrogens (tertiary/aromatic N) is 2. The van der Waals surface area contributed by atoms with Gasteiger partial charge in [0.2, 0.25) is 0 Å². The second kappa shape index (κ2) is 8.57. The van der Waals surface area contributed by atoms with Gasteiger partial charge in [-0.05, 0) is 53.2 Å². The quantitative estimate of drug-likeness (QED) is 0.225. The Balaban J connectivity index is 1.25. The Labute approximate surface area is 250 Å². The molecule has 0 aliphatic carbocycles. The molecule has 0 radical (unpaired) electrons. The van der Waals surface area contributed by atoms with E-state index in [0.29, 0.717) is 0 Å². The average Bonchev–Trinajstić information content (AvgIpc) is 3.72. The third-order valence-electron chi connectivity index (χ3n) is 8.86. The van der Waals surface area contributed by atoms with E-state index in [1.807, 2.05) is 12.1 Å². The van der Waals surface area contributed by atoms with Crippen molar-refractivity contribution in [2.45, 2.75) is 6.17 Å². The van der Waals surface area contributed by atoms with Crippen LogP contribution in [0.4, 0.5) is 5.00 Å². The zero-order valence-electron chi connectivity index (χ0n) is 22.9. The third kappa shape index (κ3) is 3.28. The first-order chi connectivity index (χ1) is 21.3. The largest absolute Gasteiger partial charge is 0.456 e. The number of furan rings is 1. The van der Waals surface area contributed by atoms with Crippen molar-refractivity contribution in [1.29, 1.82) is 0 Å². The summed E-state index contributed by atoms with van der Waals surface area (Å²) in [5, 5.41) is 13.4. The van der Waals surface area contributed by atoms with E-state index in [9.17, 15) is 0 Å². The highest BCUT2D eigenvalue weighted by Crippen LogP contribution is 2.47. The van der Waals surface area contributed by atoms with Crippen molar-refractivity contribution in [3.63, 3.8) is 0 Å². The average molecular weight is 570 g/mol.